The van der Waals surface area contributed by atoms with E-state index in [1.807, 2.05) is 30.3 Å². The van der Waals surface area contributed by atoms with E-state index in [9.17, 15) is 18.4 Å². The third-order valence-corrected chi connectivity index (χ3v) is 5.05. The van der Waals surface area contributed by atoms with E-state index in [0.717, 1.165) is 23.8 Å². The molecule has 27 heavy (non-hydrogen) atoms. The summed E-state index contributed by atoms with van der Waals surface area (Å²) < 4.78 is 31.5. The van der Waals surface area contributed by atoms with Gasteiger partial charge in [0.1, 0.15) is 9.88 Å². The van der Waals surface area contributed by atoms with Gasteiger partial charge in [0, 0.05) is 11.1 Å². The topological polar surface area (TPSA) is 56.3 Å². The van der Waals surface area contributed by atoms with Crippen LogP contribution < -0.4 is 0 Å². The Morgan fingerprint density at radius 3 is 2.44 bits per heavy atom. The number of hydrogen-bond donors (Lipinski definition) is 0. The molecule has 1 heterocycles. The number of carbonyl (C=O) groups is 2. The van der Waals surface area contributed by atoms with Crippen molar-refractivity contribution in [2.45, 2.75) is 20.0 Å². The summed E-state index contributed by atoms with van der Waals surface area (Å²) in [6, 6.07) is 12.2. The van der Waals surface area contributed by atoms with Crippen LogP contribution in [0.5, 0.6) is 0 Å². The van der Waals surface area contributed by atoms with E-state index in [0.29, 0.717) is 15.6 Å². The first-order valence-electron chi connectivity index (χ1n) is 8.10. The molecule has 3 rings (SSSR count). The minimum absolute atomic E-state index is 0.0693. The number of rotatable bonds is 5. The number of aryl methyl sites for hydroxylation is 1. The Balaban J connectivity index is 1.76. The molecule has 0 radical (unpaired) electrons. The highest BCUT2D eigenvalue weighted by molar-refractivity contribution is 7.17. The van der Waals surface area contributed by atoms with Crippen LogP contribution in [0.2, 0.25) is 0 Å². The lowest BCUT2D eigenvalue weighted by molar-refractivity contribution is 0.0322. The summed E-state index contributed by atoms with van der Waals surface area (Å²) >= 11 is 1.17. The summed E-state index contributed by atoms with van der Waals surface area (Å²) in [6.07, 6.45) is -1.15. The number of benzene rings is 2. The molecule has 0 spiro atoms. The third kappa shape index (κ3) is 4.09. The highest BCUT2D eigenvalue weighted by Gasteiger charge is 2.24. The maximum absolute atomic E-state index is 13.3. The molecule has 0 fully saturated rings. The fourth-order valence-corrected chi connectivity index (χ4v) is 3.40. The van der Waals surface area contributed by atoms with Crippen LogP contribution in [0.3, 0.4) is 0 Å². The van der Waals surface area contributed by atoms with Crippen LogP contribution in [0.15, 0.2) is 48.5 Å². The van der Waals surface area contributed by atoms with E-state index < -0.39 is 29.5 Å². The summed E-state index contributed by atoms with van der Waals surface area (Å²) in [5, 5.41) is 0.666. The van der Waals surface area contributed by atoms with Crippen LogP contribution in [0, 0.1) is 18.6 Å². The summed E-state index contributed by atoms with van der Waals surface area (Å²) in [4.78, 5) is 29.4. The molecular weight excluding hydrogens is 372 g/mol. The molecule has 0 saturated carbocycles. The molecule has 2 aromatic carbocycles. The maximum Gasteiger partial charge on any atom is 0.350 e. The zero-order valence-corrected chi connectivity index (χ0v) is 15.3. The second-order valence-electron chi connectivity index (χ2n) is 5.84. The molecule has 4 nitrogen and oxygen atoms in total. The molecule has 0 N–H and O–H groups in total. The van der Waals surface area contributed by atoms with E-state index >= 15 is 0 Å². The van der Waals surface area contributed by atoms with Crippen molar-refractivity contribution in [3.8, 4) is 10.6 Å². The van der Waals surface area contributed by atoms with Gasteiger partial charge < -0.3 is 4.74 Å². The summed E-state index contributed by atoms with van der Waals surface area (Å²) in [5.41, 5.74) is 1.30. The van der Waals surface area contributed by atoms with Gasteiger partial charge in [-0.25, -0.2) is 18.6 Å². The van der Waals surface area contributed by atoms with Crippen LogP contribution >= 0.6 is 11.3 Å². The molecule has 3 aromatic rings. The number of thiazole rings is 1. The maximum atomic E-state index is 13.3. The molecule has 0 unspecified atom stereocenters. The molecule has 0 aliphatic rings. The second kappa shape index (κ2) is 7.75. The molecule has 0 aliphatic heterocycles. The minimum Gasteiger partial charge on any atom is -0.450 e. The Labute approximate surface area is 158 Å². The van der Waals surface area contributed by atoms with Gasteiger partial charge in [-0.1, -0.05) is 30.3 Å². The average molecular weight is 387 g/mol. The zero-order chi connectivity index (χ0) is 19.6. The fraction of sp³-hybridized carbons (Fsp3) is 0.150. The molecule has 0 saturated heterocycles. The van der Waals surface area contributed by atoms with Crippen molar-refractivity contribution in [2.24, 2.45) is 0 Å². The first kappa shape index (κ1) is 18.8. The molecular formula is C20H15F2NO3S. The Morgan fingerprint density at radius 1 is 1.07 bits per heavy atom. The molecule has 1 atom stereocenters. The number of hydrogen-bond acceptors (Lipinski definition) is 5. The lowest BCUT2D eigenvalue weighted by Crippen LogP contribution is -2.24. The van der Waals surface area contributed by atoms with E-state index in [1.54, 1.807) is 6.92 Å². The molecule has 0 bridgehead atoms. The van der Waals surface area contributed by atoms with Crippen LogP contribution in [-0.4, -0.2) is 22.8 Å². The minimum atomic E-state index is -1.15. The van der Waals surface area contributed by atoms with Gasteiger partial charge in [0.05, 0.1) is 5.69 Å². The highest BCUT2D eigenvalue weighted by atomic mass is 32.1. The normalized spacial score (nSPS) is 11.9. The number of aromatic nitrogens is 1. The zero-order valence-electron chi connectivity index (χ0n) is 14.5. The number of Topliss-reactive ketones (excluding diaryl/α,β-unsaturated/α-hetero) is 1. The third-order valence-electron chi connectivity index (χ3n) is 3.86. The van der Waals surface area contributed by atoms with Crippen molar-refractivity contribution in [3.05, 3.63) is 76.3 Å². The summed E-state index contributed by atoms with van der Waals surface area (Å²) in [5.74, 6) is -3.49. The van der Waals surface area contributed by atoms with E-state index in [1.165, 1.54) is 18.3 Å². The predicted molar refractivity (Wildman–Crippen MR) is 97.9 cm³/mol. The Bertz CT molecular complexity index is 1000. The van der Waals surface area contributed by atoms with Crippen molar-refractivity contribution >= 4 is 23.1 Å². The number of nitrogens with zero attached hydrogens (tertiary/aromatic N) is 1. The van der Waals surface area contributed by atoms with Crippen molar-refractivity contribution in [1.29, 1.82) is 0 Å². The number of esters is 1. The first-order chi connectivity index (χ1) is 12.9. The monoisotopic (exact) mass is 387 g/mol. The van der Waals surface area contributed by atoms with Crippen LogP contribution in [0.25, 0.3) is 10.6 Å². The summed E-state index contributed by atoms with van der Waals surface area (Å²) in [7, 11) is 0. The van der Waals surface area contributed by atoms with Gasteiger partial charge in [0.2, 0.25) is 5.78 Å². The highest BCUT2D eigenvalue weighted by Crippen LogP contribution is 2.28. The van der Waals surface area contributed by atoms with Crippen molar-refractivity contribution < 1.29 is 23.1 Å². The standard InChI is InChI=1S/C20H15F2NO3S/c1-11-18(27-19(23-11)13-6-4-3-5-7-13)20(25)26-12(2)17(24)14-8-9-15(21)16(22)10-14/h3-10,12H,1-2H3/t12-/m0/s1. The predicted octanol–water partition coefficient (Wildman–Crippen LogP) is 4.82. The summed E-state index contributed by atoms with van der Waals surface area (Å²) in [6.45, 7) is 3.07. The van der Waals surface area contributed by atoms with E-state index in [2.05, 4.69) is 4.98 Å². The van der Waals surface area contributed by atoms with Crippen LogP contribution in [-0.2, 0) is 4.74 Å². The molecule has 7 heteroatoms. The van der Waals surface area contributed by atoms with E-state index in [-0.39, 0.29) is 5.56 Å². The number of ether oxygens (including phenoxy) is 1. The Morgan fingerprint density at radius 2 is 1.78 bits per heavy atom. The lowest BCUT2D eigenvalue weighted by atomic mass is 10.1. The van der Waals surface area contributed by atoms with Crippen molar-refractivity contribution in [2.75, 3.05) is 0 Å². The van der Waals surface area contributed by atoms with Gasteiger partial charge in [0.25, 0.3) is 0 Å². The van der Waals surface area contributed by atoms with Gasteiger partial charge in [-0.15, -0.1) is 11.3 Å². The average Bonchev–Trinajstić information content (AvgIpc) is 3.06. The second-order valence-corrected chi connectivity index (χ2v) is 6.84. The van der Waals surface area contributed by atoms with Crippen molar-refractivity contribution in [3.63, 3.8) is 0 Å². The van der Waals surface area contributed by atoms with Gasteiger partial charge in [0.15, 0.2) is 17.7 Å². The lowest BCUT2D eigenvalue weighted by Gasteiger charge is -2.12. The molecule has 1 aromatic heterocycles. The molecule has 0 aliphatic carbocycles. The Kier molecular flexibility index (Phi) is 5.41. The molecule has 0 amide bonds. The van der Waals surface area contributed by atoms with Crippen LogP contribution in [0.4, 0.5) is 8.78 Å². The van der Waals surface area contributed by atoms with Gasteiger partial charge >= 0.3 is 5.97 Å². The first-order valence-corrected chi connectivity index (χ1v) is 8.91. The largest absolute Gasteiger partial charge is 0.450 e. The SMILES string of the molecule is Cc1nc(-c2ccccc2)sc1C(=O)O[C@@H](C)C(=O)c1ccc(F)c(F)c1. The smallest absolute Gasteiger partial charge is 0.350 e. The van der Waals surface area contributed by atoms with Crippen molar-refractivity contribution in [1.82, 2.24) is 4.98 Å². The number of ketones is 1. The Hall–Kier alpha value is -2.93. The fourth-order valence-electron chi connectivity index (χ4n) is 2.44. The number of halogens is 2. The van der Waals surface area contributed by atoms with Gasteiger partial charge in [-0.05, 0) is 32.0 Å². The molecule has 138 valence electrons. The van der Waals surface area contributed by atoms with E-state index in [4.69, 9.17) is 4.74 Å². The quantitative estimate of drug-likeness (QED) is 0.465. The van der Waals surface area contributed by atoms with Crippen LogP contribution in [0.1, 0.15) is 32.6 Å². The van der Waals surface area contributed by atoms with Gasteiger partial charge in [-0.3, -0.25) is 4.79 Å². The number of carbonyl (C=O) groups excluding carboxylic acids is 2. The van der Waals surface area contributed by atoms with Gasteiger partial charge in [-0.2, -0.15) is 0 Å².